The zero-order valence-corrected chi connectivity index (χ0v) is 17.0. The molecule has 2 N–H and O–H groups in total. The molecule has 1 aliphatic heterocycles. The number of non-ortho nitro benzene ring substituents is 1. The van der Waals surface area contributed by atoms with Gasteiger partial charge in [0.25, 0.3) is 5.69 Å². The average molecular weight is 428 g/mol. The van der Waals surface area contributed by atoms with Crippen LogP contribution in [0.3, 0.4) is 0 Å². The summed E-state index contributed by atoms with van der Waals surface area (Å²) < 4.78 is 5.13. The molecule has 10 heteroatoms. The maximum Gasteiger partial charge on any atom is 0.271 e. The lowest BCUT2D eigenvalue weighted by atomic mass is 10.2. The fourth-order valence-electron chi connectivity index (χ4n) is 2.82. The highest BCUT2D eigenvalue weighted by Crippen LogP contribution is 2.30. The number of amidine groups is 1. The number of ether oxygens (including phenoxy) is 1. The van der Waals surface area contributed by atoms with Crippen molar-refractivity contribution in [2.75, 3.05) is 19.0 Å². The molecule has 1 fully saturated rings. The van der Waals surface area contributed by atoms with E-state index >= 15 is 0 Å². The van der Waals surface area contributed by atoms with Crippen LogP contribution < -0.4 is 15.4 Å². The van der Waals surface area contributed by atoms with Gasteiger partial charge in [0.2, 0.25) is 11.8 Å². The van der Waals surface area contributed by atoms with Crippen molar-refractivity contribution < 1.29 is 19.2 Å². The van der Waals surface area contributed by atoms with Gasteiger partial charge in [-0.3, -0.25) is 24.7 Å². The Morgan fingerprint density at radius 2 is 2.07 bits per heavy atom. The van der Waals surface area contributed by atoms with E-state index in [9.17, 15) is 19.7 Å². The second-order valence-electron chi connectivity index (χ2n) is 6.41. The summed E-state index contributed by atoms with van der Waals surface area (Å²) in [6.45, 7) is 0.524. The number of nitro benzene ring substituents is 1. The third-order valence-electron chi connectivity index (χ3n) is 4.31. The minimum atomic E-state index is -0.620. The van der Waals surface area contributed by atoms with E-state index in [1.807, 2.05) is 30.3 Å². The van der Waals surface area contributed by atoms with Crippen LogP contribution in [0.5, 0.6) is 5.75 Å². The molecule has 1 aliphatic rings. The first kappa shape index (κ1) is 21.3. The van der Waals surface area contributed by atoms with Gasteiger partial charge in [0.05, 0.1) is 17.7 Å². The Hall–Kier alpha value is -3.40. The third-order valence-corrected chi connectivity index (χ3v) is 5.43. The van der Waals surface area contributed by atoms with E-state index in [4.69, 9.17) is 4.74 Å². The topological polar surface area (TPSA) is 123 Å². The van der Waals surface area contributed by atoms with Crippen molar-refractivity contribution in [1.29, 1.82) is 0 Å². The summed E-state index contributed by atoms with van der Waals surface area (Å²) in [5, 5.41) is 16.1. The van der Waals surface area contributed by atoms with Gasteiger partial charge in [-0.25, -0.2) is 0 Å². The van der Waals surface area contributed by atoms with E-state index in [2.05, 4.69) is 15.6 Å². The number of carbonyl (C=O) groups is 2. The number of anilines is 1. The Morgan fingerprint density at radius 1 is 1.30 bits per heavy atom. The van der Waals surface area contributed by atoms with E-state index in [0.29, 0.717) is 17.5 Å². The van der Waals surface area contributed by atoms with Gasteiger partial charge in [-0.05, 0) is 18.1 Å². The van der Waals surface area contributed by atoms with Gasteiger partial charge in [-0.15, -0.1) is 0 Å². The Labute approximate surface area is 177 Å². The van der Waals surface area contributed by atoms with Crippen LogP contribution in [0.2, 0.25) is 0 Å². The van der Waals surface area contributed by atoms with Crippen LogP contribution in [0.1, 0.15) is 12.0 Å². The fourth-order valence-corrected chi connectivity index (χ4v) is 3.82. The average Bonchev–Trinajstić information content (AvgIpc) is 3.07. The molecule has 0 saturated carbocycles. The quantitative estimate of drug-likeness (QED) is 0.492. The van der Waals surface area contributed by atoms with E-state index < -0.39 is 16.1 Å². The van der Waals surface area contributed by atoms with Gasteiger partial charge >= 0.3 is 0 Å². The first-order valence-corrected chi connectivity index (χ1v) is 10.0. The predicted octanol–water partition coefficient (Wildman–Crippen LogP) is 2.76. The van der Waals surface area contributed by atoms with Crippen molar-refractivity contribution in [1.82, 2.24) is 5.32 Å². The highest BCUT2D eigenvalue weighted by atomic mass is 32.2. The smallest absolute Gasteiger partial charge is 0.271 e. The predicted molar refractivity (Wildman–Crippen MR) is 115 cm³/mol. The zero-order chi connectivity index (χ0) is 21.5. The molecule has 1 saturated heterocycles. The van der Waals surface area contributed by atoms with Crippen LogP contribution in [0.15, 0.2) is 53.5 Å². The maximum atomic E-state index is 12.4. The maximum absolute atomic E-state index is 12.4. The van der Waals surface area contributed by atoms with Crippen molar-refractivity contribution in [3.63, 3.8) is 0 Å². The number of benzene rings is 2. The number of nitrogens with zero attached hydrogens (tertiary/aromatic N) is 2. The minimum absolute atomic E-state index is 0.0972. The van der Waals surface area contributed by atoms with Gasteiger partial charge in [0.15, 0.2) is 5.17 Å². The lowest BCUT2D eigenvalue weighted by Crippen LogP contribution is -2.28. The number of aliphatic imine (C=N–C) groups is 1. The molecule has 9 nitrogen and oxygen atoms in total. The van der Waals surface area contributed by atoms with Gasteiger partial charge in [-0.1, -0.05) is 42.1 Å². The first-order valence-electron chi connectivity index (χ1n) is 9.14. The largest absolute Gasteiger partial charge is 0.495 e. The fraction of sp³-hybridized carbons (Fsp3) is 0.250. The molecule has 30 heavy (non-hydrogen) atoms. The number of thioether (sulfide) groups is 1. The number of carbonyl (C=O) groups excluding carboxylic acids is 2. The molecule has 1 atom stereocenters. The van der Waals surface area contributed by atoms with Gasteiger partial charge in [-0.2, -0.15) is 0 Å². The van der Waals surface area contributed by atoms with Crippen LogP contribution in [-0.2, 0) is 16.0 Å². The molecule has 2 amide bonds. The van der Waals surface area contributed by atoms with Crippen molar-refractivity contribution in [3.8, 4) is 5.75 Å². The second-order valence-corrected chi connectivity index (χ2v) is 7.60. The third kappa shape index (κ3) is 5.57. The summed E-state index contributed by atoms with van der Waals surface area (Å²) >= 11 is 1.20. The molecule has 0 aliphatic carbocycles. The molecule has 156 valence electrons. The van der Waals surface area contributed by atoms with Gasteiger partial charge in [0.1, 0.15) is 11.0 Å². The Morgan fingerprint density at radius 3 is 2.77 bits per heavy atom. The van der Waals surface area contributed by atoms with E-state index in [1.165, 1.54) is 37.1 Å². The van der Waals surface area contributed by atoms with Gasteiger partial charge < -0.3 is 15.4 Å². The highest BCUT2D eigenvalue weighted by molar-refractivity contribution is 8.15. The molecule has 1 heterocycles. The SMILES string of the molecule is COc1ccc([N+](=O)[O-])cc1NC(=O)C[C@@H]1SC(=NCCc2ccccc2)NC1=O. The summed E-state index contributed by atoms with van der Waals surface area (Å²) in [5.41, 5.74) is 1.15. The molecular formula is C20H20N4O5S. The summed E-state index contributed by atoms with van der Waals surface area (Å²) in [6.07, 6.45) is 0.651. The molecule has 0 spiro atoms. The molecule has 0 aromatic heterocycles. The molecule has 2 aromatic carbocycles. The number of nitrogens with one attached hydrogen (secondary N) is 2. The summed E-state index contributed by atoms with van der Waals surface area (Å²) in [4.78, 5) is 39.3. The minimum Gasteiger partial charge on any atom is -0.495 e. The number of nitro groups is 1. The summed E-state index contributed by atoms with van der Waals surface area (Å²) in [6, 6.07) is 13.8. The monoisotopic (exact) mass is 428 g/mol. The molecular weight excluding hydrogens is 408 g/mol. The van der Waals surface area contributed by atoms with Crippen LogP contribution in [0, 0.1) is 10.1 Å². The molecule has 3 rings (SSSR count). The standard InChI is InChI=1S/C20H20N4O5S/c1-29-16-8-7-14(24(27)28)11-15(16)22-18(25)12-17-19(26)23-20(30-17)21-10-9-13-5-3-2-4-6-13/h2-8,11,17H,9-10,12H2,1H3,(H,22,25)(H,21,23,26)/t17-/m0/s1. The lowest BCUT2D eigenvalue weighted by Gasteiger charge is -2.11. The molecule has 0 unspecified atom stereocenters. The van der Waals surface area contributed by atoms with Crippen LogP contribution in [0.25, 0.3) is 0 Å². The van der Waals surface area contributed by atoms with E-state index in [-0.39, 0.29) is 23.7 Å². The van der Waals surface area contributed by atoms with E-state index in [0.717, 1.165) is 12.0 Å². The highest BCUT2D eigenvalue weighted by Gasteiger charge is 2.32. The van der Waals surface area contributed by atoms with Crippen LogP contribution >= 0.6 is 11.8 Å². The van der Waals surface area contributed by atoms with Crippen molar-refractivity contribution >= 4 is 40.1 Å². The lowest BCUT2D eigenvalue weighted by molar-refractivity contribution is -0.384. The number of rotatable bonds is 8. The normalized spacial score (nSPS) is 16.9. The summed E-state index contributed by atoms with van der Waals surface area (Å²) in [7, 11) is 1.40. The first-order chi connectivity index (χ1) is 14.5. The van der Waals surface area contributed by atoms with Gasteiger partial charge in [0, 0.05) is 25.1 Å². The Balaban J connectivity index is 1.57. The number of amides is 2. The molecule has 2 aromatic rings. The second kappa shape index (κ2) is 9.88. The summed E-state index contributed by atoms with van der Waals surface area (Å²) in [5.74, 6) is -0.452. The number of methoxy groups -OCH3 is 1. The van der Waals surface area contributed by atoms with Crippen molar-refractivity contribution in [2.24, 2.45) is 4.99 Å². The van der Waals surface area contributed by atoms with Crippen molar-refractivity contribution in [2.45, 2.75) is 18.1 Å². The molecule has 0 bridgehead atoms. The zero-order valence-electron chi connectivity index (χ0n) is 16.2. The molecule has 0 radical (unpaired) electrons. The number of hydrogen-bond donors (Lipinski definition) is 2. The number of hydrogen-bond acceptors (Lipinski definition) is 7. The van der Waals surface area contributed by atoms with Crippen molar-refractivity contribution in [3.05, 3.63) is 64.2 Å². The Kier molecular flexibility index (Phi) is 7.02. The Bertz CT molecular complexity index is 980. The van der Waals surface area contributed by atoms with E-state index in [1.54, 1.807) is 0 Å². The van der Waals surface area contributed by atoms with Crippen LogP contribution in [-0.4, -0.2) is 40.8 Å². The van der Waals surface area contributed by atoms with Crippen LogP contribution in [0.4, 0.5) is 11.4 Å².